The van der Waals surface area contributed by atoms with Crippen LogP contribution in [0.25, 0.3) is 0 Å². The van der Waals surface area contributed by atoms with Gasteiger partial charge in [-0.2, -0.15) is 0 Å². The van der Waals surface area contributed by atoms with Gasteiger partial charge in [-0.25, -0.2) is 9.59 Å². The van der Waals surface area contributed by atoms with Gasteiger partial charge in [0.15, 0.2) is 0 Å². The summed E-state index contributed by atoms with van der Waals surface area (Å²) in [7, 11) is 0. The van der Waals surface area contributed by atoms with E-state index in [0.717, 1.165) is 6.07 Å². The highest BCUT2D eigenvalue weighted by Gasteiger charge is 2.14. The number of hydrogen-bond acceptors (Lipinski definition) is 2. The molecule has 0 radical (unpaired) electrons. The van der Waals surface area contributed by atoms with Crippen LogP contribution in [0, 0.1) is 6.92 Å². The lowest BCUT2D eigenvalue weighted by atomic mass is 10.1. The first-order chi connectivity index (χ1) is 6.43. The van der Waals surface area contributed by atoms with Gasteiger partial charge in [0.1, 0.15) is 0 Å². The maximum Gasteiger partial charge on any atom is 0.336 e. The fourth-order valence-electron chi connectivity index (χ4n) is 1.07. The minimum atomic E-state index is -1.15. The zero-order valence-corrected chi connectivity index (χ0v) is 8.83. The van der Waals surface area contributed by atoms with Crippen LogP contribution in [0.2, 0.25) is 0 Å². The Balaban J connectivity index is 3.42. The molecule has 0 spiro atoms. The Morgan fingerprint density at radius 1 is 1.14 bits per heavy atom. The number of halogens is 1. The Morgan fingerprint density at radius 2 is 1.64 bits per heavy atom. The number of carbonyl (C=O) groups is 2. The van der Waals surface area contributed by atoms with Gasteiger partial charge in [0.2, 0.25) is 0 Å². The van der Waals surface area contributed by atoms with E-state index < -0.39 is 11.9 Å². The van der Waals surface area contributed by atoms with Crippen LogP contribution in [0.5, 0.6) is 0 Å². The molecule has 0 aliphatic carbocycles. The Labute approximate surface area is 88.3 Å². The fourth-order valence-corrected chi connectivity index (χ4v) is 1.69. The monoisotopic (exact) mass is 258 g/mol. The summed E-state index contributed by atoms with van der Waals surface area (Å²) in [6, 6.07) is 2.62. The van der Waals surface area contributed by atoms with Crippen molar-refractivity contribution >= 4 is 27.9 Å². The second-order valence-corrected chi connectivity index (χ2v) is 3.61. The highest BCUT2D eigenvalue weighted by molar-refractivity contribution is 9.10. The molecule has 4 nitrogen and oxygen atoms in total. The average molecular weight is 259 g/mol. The van der Waals surface area contributed by atoms with Gasteiger partial charge in [-0.1, -0.05) is 0 Å². The lowest BCUT2D eigenvalue weighted by molar-refractivity contribution is 0.0695. The molecule has 0 saturated carbocycles. The average Bonchev–Trinajstić information content (AvgIpc) is 2.02. The van der Waals surface area contributed by atoms with Crippen molar-refractivity contribution in [3.05, 3.63) is 33.3 Å². The van der Waals surface area contributed by atoms with E-state index in [9.17, 15) is 9.59 Å². The molecule has 0 aliphatic heterocycles. The third-order valence-corrected chi connectivity index (χ3v) is 2.43. The van der Waals surface area contributed by atoms with Gasteiger partial charge in [-0.05, 0) is 40.5 Å². The summed E-state index contributed by atoms with van der Waals surface area (Å²) in [5.74, 6) is -2.28. The van der Waals surface area contributed by atoms with Crippen molar-refractivity contribution in [3.8, 4) is 0 Å². The summed E-state index contributed by atoms with van der Waals surface area (Å²) < 4.78 is 0.382. The number of carboxylic acids is 2. The fraction of sp³-hybridized carbons (Fsp3) is 0.111. The first-order valence-corrected chi connectivity index (χ1v) is 4.49. The number of benzene rings is 1. The molecule has 0 aromatic heterocycles. The molecule has 0 bridgehead atoms. The van der Waals surface area contributed by atoms with Crippen molar-refractivity contribution in [1.82, 2.24) is 0 Å². The number of aryl methyl sites for hydroxylation is 1. The summed E-state index contributed by atoms with van der Waals surface area (Å²) >= 11 is 3.06. The Kier molecular flexibility index (Phi) is 2.90. The number of rotatable bonds is 2. The van der Waals surface area contributed by atoms with E-state index in [1.165, 1.54) is 6.07 Å². The molecule has 74 valence electrons. The molecule has 0 aliphatic rings. The van der Waals surface area contributed by atoms with E-state index >= 15 is 0 Å². The molecular formula is C9H7BrO4. The van der Waals surface area contributed by atoms with Crippen molar-refractivity contribution in [3.63, 3.8) is 0 Å². The lowest BCUT2D eigenvalue weighted by Crippen LogP contribution is -2.05. The number of aromatic carboxylic acids is 2. The predicted molar refractivity (Wildman–Crippen MR) is 52.8 cm³/mol. The topological polar surface area (TPSA) is 74.6 Å². The molecule has 0 saturated heterocycles. The quantitative estimate of drug-likeness (QED) is 0.853. The molecule has 0 fully saturated rings. The van der Waals surface area contributed by atoms with E-state index in [-0.39, 0.29) is 11.1 Å². The molecule has 2 N–H and O–H groups in total. The van der Waals surface area contributed by atoms with Crippen molar-refractivity contribution in [2.45, 2.75) is 6.92 Å². The van der Waals surface area contributed by atoms with Crippen molar-refractivity contribution in [2.75, 3.05) is 0 Å². The molecule has 0 unspecified atom stereocenters. The van der Waals surface area contributed by atoms with E-state index in [1.54, 1.807) is 6.92 Å². The molecular weight excluding hydrogens is 252 g/mol. The van der Waals surface area contributed by atoms with Crippen LogP contribution in [0.3, 0.4) is 0 Å². The van der Waals surface area contributed by atoms with Crippen LogP contribution in [-0.2, 0) is 0 Å². The van der Waals surface area contributed by atoms with Gasteiger partial charge < -0.3 is 10.2 Å². The molecule has 5 heteroatoms. The summed E-state index contributed by atoms with van der Waals surface area (Å²) in [6.07, 6.45) is 0. The van der Waals surface area contributed by atoms with Gasteiger partial charge in [0.25, 0.3) is 0 Å². The van der Waals surface area contributed by atoms with Crippen LogP contribution in [0.15, 0.2) is 16.6 Å². The van der Waals surface area contributed by atoms with E-state index in [4.69, 9.17) is 10.2 Å². The summed E-state index contributed by atoms with van der Waals surface area (Å²) in [4.78, 5) is 21.4. The first-order valence-electron chi connectivity index (χ1n) is 3.70. The van der Waals surface area contributed by atoms with E-state index in [1.807, 2.05) is 0 Å². The molecule has 1 aromatic carbocycles. The van der Waals surface area contributed by atoms with Crippen molar-refractivity contribution in [1.29, 1.82) is 0 Å². The van der Waals surface area contributed by atoms with E-state index in [0.29, 0.717) is 10.0 Å². The third-order valence-electron chi connectivity index (χ3n) is 1.77. The summed E-state index contributed by atoms with van der Waals surface area (Å²) in [5, 5.41) is 17.5. The van der Waals surface area contributed by atoms with Crippen LogP contribution >= 0.6 is 15.9 Å². The Morgan fingerprint density at radius 3 is 2.07 bits per heavy atom. The number of hydrogen-bond donors (Lipinski definition) is 2. The second kappa shape index (κ2) is 3.79. The molecule has 0 amide bonds. The van der Waals surface area contributed by atoms with Crippen LogP contribution in [0.4, 0.5) is 0 Å². The summed E-state index contributed by atoms with van der Waals surface area (Å²) in [5.41, 5.74) is 0.480. The highest BCUT2D eigenvalue weighted by atomic mass is 79.9. The third kappa shape index (κ3) is 1.93. The predicted octanol–water partition coefficient (Wildman–Crippen LogP) is 2.15. The van der Waals surface area contributed by atoms with Gasteiger partial charge in [0.05, 0.1) is 11.1 Å². The molecule has 14 heavy (non-hydrogen) atoms. The zero-order valence-electron chi connectivity index (χ0n) is 7.24. The van der Waals surface area contributed by atoms with E-state index in [2.05, 4.69) is 15.9 Å². The molecule has 1 aromatic rings. The van der Waals surface area contributed by atoms with Crippen molar-refractivity contribution < 1.29 is 19.8 Å². The lowest BCUT2D eigenvalue weighted by Gasteiger charge is -2.04. The Bertz CT molecular complexity index is 376. The maximum atomic E-state index is 10.7. The first kappa shape index (κ1) is 10.7. The van der Waals surface area contributed by atoms with Gasteiger partial charge in [-0.15, -0.1) is 0 Å². The summed E-state index contributed by atoms with van der Waals surface area (Å²) in [6.45, 7) is 1.61. The SMILES string of the molecule is Cc1cc(Br)c(C(=O)O)cc1C(=O)O. The minimum Gasteiger partial charge on any atom is -0.478 e. The molecule has 1 rings (SSSR count). The number of carboxylic acid groups (broad SMARTS) is 2. The van der Waals surface area contributed by atoms with Crippen LogP contribution < -0.4 is 0 Å². The van der Waals surface area contributed by atoms with Crippen LogP contribution in [0.1, 0.15) is 26.3 Å². The zero-order chi connectivity index (χ0) is 10.9. The maximum absolute atomic E-state index is 10.7. The van der Waals surface area contributed by atoms with Crippen molar-refractivity contribution in [2.24, 2.45) is 0 Å². The van der Waals surface area contributed by atoms with Gasteiger partial charge in [0, 0.05) is 4.47 Å². The van der Waals surface area contributed by atoms with Gasteiger partial charge >= 0.3 is 11.9 Å². The minimum absolute atomic E-state index is 0.00519. The largest absolute Gasteiger partial charge is 0.478 e. The standard InChI is InChI=1S/C9H7BrO4/c1-4-2-7(10)6(9(13)14)3-5(4)8(11)12/h2-3H,1H3,(H,11,12)(H,13,14). The normalized spacial score (nSPS) is 9.86. The highest BCUT2D eigenvalue weighted by Crippen LogP contribution is 2.21. The second-order valence-electron chi connectivity index (χ2n) is 2.76. The Hall–Kier alpha value is -1.36. The smallest absolute Gasteiger partial charge is 0.336 e. The van der Waals surface area contributed by atoms with Crippen LogP contribution in [-0.4, -0.2) is 22.2 Å². The molecule has 0 atom stereocenters. The molecule has 0 heterocycles. The van der Waals surface area contributed by atoms with Gasteiger partial charge in [-0.3, -0.25) is 0 Å².